The van der Waals surface area contributed by atoms with E-state index in [1.807, 2.05) is 0 Å². The smallest absolute Gasteiger partial charge is 0.220 e. The number of nitrogens with one attached hydrogen (secondary N) is 1. The van der Waals surface area contributed by atoms with Crippen molar-refractivity contribution < 1.29 is 9.59 Å². The molecule has 0 saturated carbocycles. The molecule has 1 atom stereocenters. The van der Waals surface area contributed by atoms with Gasteiger partial charge in [-0.1, -0.05) is 0 Å². The number of amides is 1. The molecule has 0 bridgehead atoms. The molecule has 3 N–H and O–H groups in total. The second-order valence-electron chi connectivity index (χ2n) is 2.39. The second kappa shape index (κ2) is 2.79. The van der Waals surface area contributed by atoms with Crippen molar-refractivity contribution >= 4 is 11.7 Å². The van der Waals surface area contributed by atoms with Crippen LogP contribution in [-0.2, 0) is 9.59 Å². The molecule has 0 aromatic carbocycles. The van der Waals surface area contributed by atoms with Gasteiger partial charge in [0.15, 0.2) is 5.78 Å². The van der Waals surface area contributed by atoms with E-state index in [0.717, 1.165) is 0 Å². The van der Waals surface area contributed by atoms with Crippen LogP contribution in [0.4, 0.5) is 0 Å². The Bertz CT molecular complexity index is 167. The van der Waals surface area contributed by atoms with Gasteiger partial charge in [-0.3, -0.25) is 9.59 Å². The fraction of sp³-hybridized carbons (Fsp3) is 0.667. The van der Waals surface area contributed by atoms with Gasteiger partial charge < -0.3 is 11.1 Å². The van der Waals surface area contributed by atoms with Crippen molar-refractivity contribution in [1.29, 1.82) is 0 Å². The molecule has 0 radical (unpaired) electrons. The summed E-state index contributed by atoms with van der Waals surface area (Å²) in [6.45, 7) is 0.0972. The van der Waals surface area contributed by atoms with Crippen LogP contribution in [0, 0.1) is 0 Å². The highest BCUT2D eigenvalue weighted by atomic mass is 16.2. The van der Waals surface area contributed by atoms with E-state index >= 15 is 0 Å². The Hall–Kier alpha value is -0.900. The normalized spacial score (nSPS) is 27.5. The van der Waals surface area contributed by atoms with Crippen molar-refractivity contribution in [1.82, 2.24) is 5.32 Å². The maximum atomic E-state index is 10.8. The highest BCUT2D eigenvalue weighted by Crippen LogP contribution is 1.99. The summed E-state index contributed by atoms with van der Waals surface area (Å²) in [5, 5.41) is 2.46. The van der Waals surface area contributed by atoms with Crippen molar-refractivity contribution in [2.24, 2.45) is 5.73 Å². The fourth-order valence-electron chi connectivity index (χ4n) is 0.853. The minimum absolute atomic E-state index is 0.0779. The summed E-state index contributed by atoms with van der Waals surface area (Å²) in [6.07, 6.45) is 0.845. The third-order valence-corrected chi connectivity index (χ3v) is 1.56. The van der Waals surface area contributed by atoms with Crippen molar-refractivity contribution in [3.05, 3.63) is 0 Å². The van der Waals surface area contributed by atoms with Crippen LogP contribution in [0.3, 0.4) is 0 Å². The molecule has 0 spiro atoms. The summed E-state index contributed by atoms with van der Waals surface area (Å²) in [5.41, 5.74) is 5.40. The molecular weight excluding hydrogens is 132 g/mol. The van der Waals surface area contributed by atoms with E-state index < -0.39 is 6.04 Å². The van der Waals surface area contributed by atoms with Crippen LogP contribution < -0.4 is 11.1 Å². The van der Waals surface area contributed by atoms with Crippen LogP contribution in [0.5, 0.6) is 0 Å². The zero-order chi connectivity index (χ0) is 7.56. The predicted molar refractivity (Wildman–Crippen MR) is 35.2 cm³/mol. The molecule has 4 heteroatoms. The minimum Gasteiger partial charge on any atom is -0.349 e. The molecular formula is C6H10N2O2. The van der Waals surface area contributed by atoms with Crippen LogP contribution in [0.25, 0.3) is 0 Å². The first-order chi connectivity index (χ1) is 4.70. The third-order valence-electron chi connectivity index (χ3n) is 1.56. The molecule has 1 rings (SSSR count). The number of hydrogen-bond donors (Lipinski definition) is 2. The number of carbonyl (C=O) groups is 2. The Balaban J connectivity index is 2.54. The number of Topliss-reactive ketones (excluding diaryl/α,β-unsaturated/α-hetero) is 1. The number of nitrogens with two attached hydrogens (primary N) is 1. The van der Waals surface area contributed by atoms with Gasteiger partial charge in [0.25, 0.3) is 0 Å². The highest BCUT2D eigenvalue weighted by Gasteiger charge is 2.19. The van der Waals surface area contributed by atoms with Crippen LogP contribution in [-0.4, -0.2) is 24.3 Å². The molecule has 1 aliphatic rings. The molecule has 1 fully saturated rings. The molecule has 0 aromatic rings. The summed E-state index contributed by atoms with van der Waals surface area (Å²) < 4.78 is 0. The van der Waals surface area contributed by atoms with Crippen LogP contribution >= 0.6 is 0 Å². The van der Waals surface area contributed by atoms with Crippen LogP contribution in [0.1, 0.15) is 12.8 Å². The molecule has 1 amide bonds. The van der Waals surface area contributed by atoms with Gasteiger partial charge in [-0.05, 0) is 6.42 Å². The Kier molecular flexibility index (Phi) is 2.01. The van der Waals surface area contributed by atoms with Crippen LogP contribution in [0.15, 0.2) is 0 Å². The fourth-order valence-corrected chi connectivity index (χ4v) is 0.853. The van der Waals surface area contributed by atoms with Gasteiger partial charge in [0.1, 0.15) is 0 Å². The highest BCUT2D eigenvalue weighted by molar-refractivity contribution is 5.91. The summed E-state index contributed by atoms with van der Waals surface area (Å²) >= 11 is 0. The molecule has 10 heavy (non-hydrogen) atoms. The number of carbonyl (C=O) groups excluding carboxylic acids is 2. The first-order valence-electron chi connectivity index (χ1n) is 3.25. The van der Waals surface area contributed by atoms with Gasteiger partial charge in [0, 0.05) is 6.42 Å². The molecule has 4 nitrogen and oxygen atoms in total. The molecule has 0 aliphatic carbocycles. The number of rotatable bonds is 0. The van der Waals surface area contributed by atoms with E-state index in [1.54, 1.807) is 0 Å². The van der Waals surface area contributed by atoms with E-state index in [1.165, 1.54) is 0 Å². The Morgan fingerprint density at radius 2 is 2.20 bits per heavy atom. The lowest BCUT2D eigenvalue weighted by atomic mass is 10.1. The van der Waals surface area contributed by atoms with Crippen molar-refractivity contribution in [3.8, 4) is 0 Å². The maximum absolute atomic E-state index is 10.8. The molecule has 1 aliphatic heterocycles. The van der Waals surface area contributed by atoms with Gasteiger partial charge in [0.05, 0.1) is 12.6 Å². The van der Waals surface area contributed by atoms with Gasteiger partial charge >= 0.3 is 0 Å². The lowest BCUT2D eigenvalue weighted by Gasteiger charge is -2.01. The van der Waals surface area contributed by atoms with Gasteiger partial charge in [-0.25, -0.2) is 0 Å². The van der Waals surface area contributed by atoms with E-state index in [0.29, 0.717) is 12.8 Å². The van der Waals surface area contributed by atoms with Crippen molar-refractivity contribution in [3.63, 3.8) is 0 Å². The number of hydrogen-bond acceptors (Lipinski definition) is 3. The molecule has 1 unspecified atom stereocenters. The lowest BCUT2D eigenvalue weighted by Crippen LogP contribution is -2.34. The Morgan fingerprint density at radius 1 is 1.50 bits per heavy atom. The van der Waals surface area contributed by atoms with E-state index in [9.17, 15) is 9.59 Å². The molecule has 56 valence electrons. The number of ketones is 1. The largest absolute Gasteiger partial charge is 0.349 e. The van der Waals surface area contributed by atoms with Crippen LogP contribution in [0.2, 0.25) is 0 Å². The van der Waals surface area contributed by atoms with E-state index in [4.69, 9.17) is 5.73 Å². The standard InChI is InChI=1S/C6H10N2O2/c7-4-1-2-6(10)8-3-5(4)9/h4H,1-3,7H2,(H,8,10). The van der Waals surface area contributed by atoms with Gasteiger partial charge in [-0.15, -0.1) is 0 Å². The zero-order valence-electron chi connectivity index (χ0n) is 5.59. The lowest BCUT2D eigenvalue weighted by molar-refractivity contribution is -0.123. The van der Waals surface area contributed by atoms with Gasteiger partial charge in [-0.2, -0.15) is 0 Å². The summed E-state index contributed by atoms with van der Waals surface area (Å²) in [7, 11) is 0. The Labute approximate surface area is 58.8 Å². The summed E-state index contributed by atoms with van der Waals surface area (Å²) in [6, 6.07) is -0.445. The monoisotopic (exact) mass is 142 g/mol. The minimum atomic E-state index is -0.445. The quantitative estimate of drug-likeness (QED) is 0.446. The molecule has 1 saturated heterocycles. The summed E-state index contributed by atoms with van der Waals surface area (Å²) in [5.74, 6) is -0.160. The average molecular weight is 142 g/mol. The second-order valence-corrected chi connectivity index (χ2v) is 2.39. The molecule has 1 heterocycles. The average Bonchev–Trinajstić information content (AvgIpc) is 2.04. The van der Waals surface area contributed by atoms with E-state index in [2.05, 4.69) is 5.32 Å². The maximum Gasteiger partial charge on any atom is 0.220 e. The SMILES string of the molecule is NC1CCC(=O)NCC1=O. The summed E-state index contributed by atoms with van der Waals surface area (Å²) in [4.78, 5) is 21.5. The first-order valence-corrected chi connectivity index (χ1v) is 3.25. The Morgan fingerprint density at radius 3 is 2.90 bits per heavy atom. The van der Waals surface area contributed by atoms with E-state index in [-0.39, 0.29) is 18.2 Å². The van der Waals surface area contributed by atoms with Gasteiger partial charge in [0.2, 0.25) is 5.91 Å². The first kappa shape index (κ1) is 7.21. The predicted octanol–water partition coefficient (Wildman–Crippen LogP) is -1.21. The third kappa shape index (κ3) is 1.54. The zero-order valence-corrected chi connectivity index (χ0v) is 5.59. The topological polar surface area (TPSA) is 72.2 Å². The van der Waals surface area contributed by atoms with Crippen molar-refractivity contribution in [2.75, 3.05) is 6.54 Å². The van der Waals surface area contributed by atoms with Crippen molar-refractivity contribution in [2.45, 2.75) is 18.9 Å². The molecule has 0 aromatic heterocycles.